The number of carbonyl (C=O) groups is 1. The number of ether oxygens (including phenoxy) is 1. The van der Waals surface area contributed by atoms with Crippen LogP contribution in [0.25, 0.3) is 0 Å². The van der Waals surface area contributed by atoms with Crippen LogP contribution in [0.4, 0.5) is 5.82 Å². The molecule has 0 radical (unpaired) electrons. The molecule has 1 aromatic rings. The molecule has 1 heterocycles. The minimum atomic E-state index is -3.67. The van der Waals surface area contributed by atoms with Crippen LogP contribution in [0.1, 0.15) is 6.42 Å². The van der Waals surface area contributed by atoms with Gasteiger partial charge in [-0.1, -0.05) is 11.6 Å². The van der Waals surface area contributed by atoms with E-state index in [4.69, 9.17) is 11.6 Å². The molecule has 1 rings (SSSR count). The number of aromatic nitrogens is 2. The maximum Gasteiger partial charge on any atom is 0.306 e. The molecule has 0 fully saturated rings. The number of nitrogens with one attached hydrogen (secondary N) is 1. The third-order valence-electron chi connectivity index (χ3n) is 1.67. The molecule has 0 aliphatic rings. The van der Waals surface area contributed by atoms with Crippen molar-refractivity contribution in [1.29, 1.82) is 0 Å². The molecule has 1 N–H and O–H groups in total. The van der Waals surface area contributed by atoms with Crippen LogP contribution < -0.4 is 4.72 Å². The molecule has 0 amide bonds. The largest absolute Gasteiger partial charge is 0.469 e. The summed E-state index contributed by atoms with van der Waals surface area (Å²) >= 11 is 5.54. The van der Waals surface area contributed by atoms with Crippen molar-refractivity contribution in [3.8, 4) is 0 Å². The minimum absolute atomic E-state index is 0.00219. The summed E-state index contributed by atoms with van der Waals surface area (Å²) in [6, 6.07) is 0. The first-order valence-corrected chi connectivity index (χ1v) is 6.51. The van der Waals surface area contributed by atoms with E-state index >= 15 is 0 Å². The molecule has 0 aliphatic heterocycles. The maximum atomic E-state index is 11.5. The number of hydrogen-bond donors (Lipinski definition) is 1. The van der Waals surface area contributed by atoms with Crippen molar-refractivity contribution in [1.82, 2.24) is 9.97 Å². The second-order valence-electron chi connectivity index (χ2n) is 2.97. The number of carbonyl (C=O) groups excluding carboxylic acids is 1. The molecule has 94 valence electrons. The van der Waals surface area contributed by atoms with Gasteiger partial charge in [0.05, 0.1) is 31.7 Å². The number of halogens is 1. The average molecular weight is 280 g/mol. The first-order valence-electron chi connectivity index (χ1n) is 4.48. The zero-order valence-corrected chi connectivity index (χ0v) is 10.5. The van der Waals surface area contributed by atoms with Crippen molar-refractivity contribution in [3.05, 3.63) is 17.5 Å². The average Bonchev–Trinajstić information content (AvgIpc) is 2.25. The molecule has 1 aromatic heterocycles. The van der Waals surface area contributed by atoms with Crippen molar-refractivity contribution in [2.75, 3.05) is 17.6 Å². The summed E-state index contributed by atoms with van der Waals surface area (Å²) in [6.07, 6.45) is 2.25. The predicted octanol–water partition coefficient (Wildman–Crippen LogP) is 0.435. The highest BCUT2D eigenvalue weighted by Gasteiger charge is 2.14. The maximum absolute atomic E-state index is 11.5. The van der Waals surface area contributed by atoms with Crippen LogP contribution in [0, 0.1) is 0 Å². The second-order valence-corrected chi connectivity index (χ2v) is 5.20. The minimum Gasteiger partial charge on any atom is -0.469 e. The van der Waals surface area contributed by atoms with E-state index in [-0.39, 0.29) is 17.4 Å². The molecule has 0 bridgehead atoms. The number of hydrogen-bond acceptors (Lipinski definition) is 6. The van der Waals surface area contributed by atoms with Gasteiger partial charge in [0.25, 0.3) is 0 Å². The van der Waals surface area contributed by atoms with Gasteiger partial charge in [-0.15, -0.1) is 0 Å². The third kappa shape index (κ3) is 4.96. The quantitative estimate of drug-likeness (QED) is 0.785. The van der Waals surface area contributed by atoms with E-state index < -0.39 is 21.7 Å². The zero-order chi connectivity index (χ0) is 12.9. The van der Waals surface area contributed by atoms with Gasteiger partial charge in [0.2, 0.25) is 10.0 Å². The number of sulfonamides is 1. The Morgan fingerprint density at radius 3 is 2.82 bits per heavy atom. The summed E-state index contributed by atoms with van der Waals surface area (Å²) in [4.78, 5) is 18.2. The van der Waals surface area contributed by atoms with Crippen LogP contribution in [-0.4, -0.2) is 37.2 Å². The summed E-state index contributed by atoms with van der Waals surface area (Å²) < 4.78 is 29.5. The SMILES string of the molecule is COC(=O)CCS(=O)(=O)Nc1cncc(Cl)n1. The van der Waals surface area contributed by atoms with Crippen LogP contribution >= 0.6 is 11.6 Å². The molecule has 0 saturated carbocycles. The van der Waals surface area contributed by atoms with E-state index in [1.807, 2.05) is 0 Å². The van der Waals surface area contributed by atoms with Gasteiger partial charge < -0.3 is 4.74 Å². The number of methoxy groups -OCH3 is 1. The van der Waals surface area contributed by atoms with Gasteiger partial charge in [-0.3, -0.25) is 14.5 Å². The number of nitrogens with zero attached hydrogens (tertiary/aromatic N) is 2. The lowest BCUT2D eigenvalue weighted by atomic mass is 10.5. The van der Waals surface area contributed by atoms with Crippen molar-refractivity contribution in [3.63, 3.8) is 0 Å². The van der Waals surface area contributed by atoms with Crippen molar-refractivity contribution in [2.24, 2.45) is 0 Å². The molecule has 9 heteroatoms. The Balaban J connectivity index is 2.64. The van der Waals surface area contributed by atoms with Gasteiger partial charge in [-0.25, -0.2) is 13.4 Å². The Morgan fingerprint density at radius 1 is 1.53 bits per heavy atom. The van der Waals surface area contributed by atoms with Gasteiger partial charge in [0, 0.05) is 0 Å². The first-order chi connectivity index (χ1) is 7.93. The molecule has 0 spiro atoms. The fourth-order valence-electron chi connectivity index (χ4n) is 0.921. The highest BCUT2D eigenvalue weighted by molar-refractivity contribution is 7.92. The highest BCUT2D eigenvalue weighted by atomic mass is 35.5. The van der Waals surface area contributed by atoms with Gasteiger partial charge in [-0.2, -0.15) is 0 Å². The van der Waals surface area contributed by atoms with Crippen molar-refractivity contribution in [2.45, 2.75) is 6.42 Å². The van der Waals surface area contributed by atoms with Crippen LogP contribution in [-0.2, 0) is 19.6 Å². The molecule has 0 aromatic carbocycles. The normalized spacial score (nSPS) is 10.9. The summed E-state index contributed by atoms with van der Waals surface area (Å²) in [5.74, 6) is -0.997. The lowest BCUT2D eigenvalue weighted by molar-refractivity contribution is -0.140. The molecule has 0 unspecified atom stereocenters. The van der Waals surface area contributed by atoms with E-state index in [2.05, 4.69) is 19.4 Å². The molecule has 0 aliphatic carbocycles. The summed E-state index contributed by atoms with van der Waals surface area (Å²) in [5.41, 5.74) is 0. The monoisotopic (exact) mass is 279 g/mol. The lowest BCUT2D eigenvalue weighted by Gasteiger charge is -2.06. The van der Waals surface area contributed by atoms with E-state index in [0.717, 1.165) is 0 Å². The standard InChI is InChI=1S/C8H10ClN3O4S/c1-16-8(13)2-3-17(14,15)12-7-5-10-4-6(9)11-7/h4-5H,2-3H2,1H3,(H,11,12). The van der Waals surface area contributed by atoms with E-state index in [0.29, 0.717) is 0 Å². The van der Waals surface area contributed by atoms with Crippen LogP contribution in [0.2, 0.25) is 5.15 Å². The summed E-state index contributed by atoms with van der Waals surface area (Å²) in [5, 5.41) is 0.0677. The van der Waals surface area contributed by atoms with E-state index in [9.17, 15) is 13.2 Å². The Bertz CT molecular complexity index is 505. The van der Waals surface area contributed by atoms with Crippen molar-refractivity contribution >= 4 is 33.4 Å². The molecule has 7 nitrogen and oxygen atoms in total. The third-order valence-corrected chi connectivity index (χ3v) is 3.11. The molecular formula is C8H10ClN3O4S. The zero-order valence-electron chi connectivity index (χ0n) is 8.88. The fraction of sp³-hybridized carbons (Fsp3) is 0.375. The fourth-order valence-corrected chi connectivity index (χ4v) is 2.02. The van der Waals surface area contributed by atoms with E-state index in [1.165, 1.54) is 19.5 Å². The number of rotatable bonds is 5. The van der Waals surface area contributed by atoms with Gasteiger partial charge in [0.15, 0.2) is 5.82 Å². The predicted molar refractivity (Wildman–Crippen MR) is 61.1 cm³/mol. The van der Waals surface area contributed by atoms with Gasteiger partial charge >= 0.3 is 5.97 Å². The van der Waals surface area contributed by atoms with Gasteiger partial charge in [0.1, 0.15) is 5.15 Å². The van der Waals surface area contributed by atoms with Crippen LogP contribution in [0.5, 0.6) is 0 Å². The topological polar surface area (TPSA) is 98.2 Å². The molecular weight excluding hydrogens is 270 g/mol. The van der Waals surface area contributed by atoms with Gasteiger partial charge in [-0.05, 0) is 0 Å². The first kappa shape index (κ1) is 13.7. The second kappa shape index (κ2) is 5.78. The smallest absolute Gasteiger partial charge is 0.306 e. The highest BCUT2D eigenvalue weighted by Crippen LogP contribution is 2.09. The van der Waals surface area contributed by atoms with Crippen molar-refractivity contribution < 1.29 is 17.9 Å². The molecule has 0 atom stereocenters. The molecule has 0 saturated heterocycles. The molecule has 17 heavy (non-hydrogen) atoms. The Hall–Kier alpha value is -1.41. The Labute approximate surface area is 103 Å². The lowest BCUT2D eigenvalue weighted by Crippen LogP contribution is -2.20. The summed E-state index contributed by atoms with van der Waals surface area (Å²) in [7, 11) is -2.48. The number of esters is 1. The number of anilines is 1. The van der Waals surface area contributed by atoms with Crippen LogP contribution in [0.15, 0.2) is 12.4 Å². The Kier molecular flexibility index (Phi) is 4.64. The van der Waals surface area contributed by atoms with Crippen LogP contribution in [0.3, 0.4) is 0 Å². The summed E-state index contributed by atoms with van der Waals surface area (Å²) in [6.45, 7) is 0. The Morgan fingerprint density at radius 2 is 2.24 bits per heavy atom. The van der Waals surface area contributed by atoms with E-state index in [1.54, 1.807) is 0 Å².